The Bertz CT molecular complexity index is 938. The lowest BCUT2D eigenvalue weighted by Gasteiger charge is -2.13. The van der Waals surface area contributed by atoms with Gasteiger partial charge in [0, 0.05) is 0 Å². The van der Waals surface area contributed by atoms with Crippen molar-refractivity contribution in [3.63, 3.8) is 0 Å². The van der Waals surface area contributed by atoms with Crippen molar-refractivity contribution in [1.29, 1.82) is 0 Å². The van der Waals surface area contributed by atoms with Crippen LogP contribution in [0.5, 0.6) is 11.5 Å². The predicted molar refractivity (Wildman–Crippen MR) is 111 cm³/mol. The molecule has 5 heteroatoms. The number of hydrogen-bond donors (Lipinski definition) is 1. The fourth-order valence-corrected chi connectivity index (χ4v) is 2.60. The van der Waals surface area contributed by atoms with E-state index in [1.165, 1.54) is 0 Å². The maximum Gasteiger partial charge on any atom is 0.280 e. The van der Waals surface area contributed by atoms with E-state index in [9.17, 15) is 4.79 Å². The second-order valence-corrected chi connectivity index (χ2v) is 6.16. The summed E-state index contributed by atoms with van der Waals surface area (Å²) in [7, 11) is 1.60. The van der Waals surface area contributed by atoms with Gasteiger partial charge >= 0.3 is 0 Å². The highest BCUT2D eigenvalue weighted by atomic mass is 16.5. The number of carbonyl (C=O) groups excluding carboxylic acids is 1. The number of methoxy groups -OCH3 is 1. The number of nitrogens with zero attached hydrogens (tertiary/aromatic N) is 1. The summed E-state index contributed by atoms with van der Waals surface area (Å²) in [6.07, 6.45) is 0.881. The first-order valence-electron chi connectivity index (χ1n) is 8.95. The molecule has 0 spiro atoms. The second-order valence-electron chi connectivity index (χ2n) is 6.16. The van der Waals surface area contributed by atoms with E-state index in [1.54, 1.807) is 20.2 Å². The molecule has 1 atom stereocenters. The Morgan fingerprint density at radius 3 is 2.36 bits per heavy atom. The molecule has 1 N–H and O–H groups in total. The quantitative estimate of drug-likeness (QED) is 0.496. The first-order chi connectivity index (χ1) is 13.7. The van der Waals surface area contributed by atoms with Crippen molar-refractivity contribution in [2.45, 2.75) is 13.0 Å². The van der Waals surface area contributed by atoms with Crippen LogP contribution in [-0.4, -0.2) is 25.3 Å². The highest BCUT2D eigenvalue weighted by Crippen LogP contribution is 2.22. The summed E-state index contributed by atoms with van der Waals surface area (Å²) >= 11 is 0. The molecule has 142 valence electrons. The Hall–Kier alpha value is -3.60. The van der Waals surface area contributed by atoms with Gasteiger partial charge in [0.25, 0.3) is 5.91 Å². The van der Waals surface area contributed by atoms with Gasteiger partial charge in [0.2, 0.25) is 0 Å². The van der Waals surface area contributed by atoms with Gasteiger partial charge in [0.05, 0.1) is 13.3 Å². The van der Waals surface area contributed by atoms with E-state index < -0.39 is 6.10 Å². The summed E-state index contributed by atoms with van der Waals surface area (Å²) in [5, 5.41) is 3.97. The van der Waals surface area contributed by atoms with E-state index in [-0.39, 0.29) is 5.91 Å². The van der Waals surface area contributed by atoms with Crippen molar-refractivity contribution in [2.75, 3.05) is 7.11 Å². The first-order valence-corrected chi connectivity index (χ1v) is 8.95. The zero-order chi connectivity index (χ0) is 19.8. The monoisotopic (exact) mass is 374 g/mol. The SMILES string of the molecule is COc1cccc(/C=N\NC(=O)[C@H](C)Oc2ccc(-c3ccccc3)cc2)c1. The number of rotatable bonds is 7. The van der Waals surface area contributed by atoms with Gasteiger partial charge in [-0.3, -0.25) is 4.79 Å². The Morgan fingerprint density at radius 1 is 0.929 bits per heavy atom. The van der Waals surface area contributed by atoms with E-state index in [2.05, 4.69) is 10.5 Å². The predicted octanol–water partition coefficient (Wildman–Crippen LogP) is 4.28. The van der Waals surface area contributed by atoms with E-state index in [1.807, 2.05) is 78.9 Å². The Balaban J connectivity index is 1.54. The lowest BCUT2D eigenvalue weighted by atomic mass is 10.1. The summed E-state index contributed by atoms with van der Waals surface area (Å²) < 4.78 is 10.9. The maximum atomic E-state index is 12.2. The van der Waals surface area contributed by atoms with Gasteiger partial charge in [-0.05, 0) is 47.9 Å². The minimum Gasteiger partial charge on any atom is -0.497 e. The van der Waals surface area contributed by atoms with Crippen molar-refractivity contribution in [3.8, 4) is 22.6 Å². The number of nitrogens with one attached hydrogen (secondary N) is 1. The van der Waals surface area contributed by atoms with E-state index in [0.717, 1.165) is 22.4 Å². The van der Waals surface area contributed by atoms with Gasteiger partial charge < -0.3 is 9.47 Å². The molecule has 28 heavy (non-hydrogen) atoms. The third kappa shape index (κ3) is 5.20. The number of amides is 1. The molecule has 0 heterocycles. The largest absolute Gasteiger partial charge is 0.497 e. The van der Waals surface area contributed by atoms with Crippen LogP contribution in [-0.2, 0) is 4.79 Å². The minimum atomic E-state index is -0.676. The van der Waals surface area contributed by atoms with Crippen LogP contribution in [0, 0.1) is 0 Å². The average molecular weight is 374 g/mol. The van der Waals surface area contributed by atoms with Gasteiger partial charge in [-0.15, -0.1) is 0 Å². The molecule has 3 rings (SSSR count). The van der Waals surface area contributed by atoms with Crippen molar-refractivity contribution in [3.05, 3.63) is 84.4 Å². The molecular weight excluding hydrogens is 352 g/mol. The van der Waals surface area contributed by atoms with E-state index in [0.29, 0.717) is 5.75 Å². The van der Waals surface area contributed by atoms with Gasteiger partial charge in [-0.1, -0.05) is 54.6 Å². The minimum absolute atomic E-state index is 0.328. The van der Waals surface area contributed by atoms with Crippen LogP contribution in [0.2, 0.25) is 0 Å². The standard InChI is InChI=1S/C23H22N2O3/c1-17(23(26)25-24-16-18-7-6-10-22(15-18)27-2)28-21-13-11-20(12-14-21)19-8-4-3-5-9-19/h3-17H,1-2H3,(H,25,26)/b24-16-/t17-/m0/s1. The molecule has 0 fully saturated rings. The molecule has 0 aliphatic rings. The van der Waals surface area contributed by atoms with Crippen molar-refractivity contribution in [2.24, 2.45) is 5.10 Å². The molecule has 3 aromatic carbocycles. The highest BCUT2D eigenvalue weighted by Gasteiger charge is 2.13. The van der Waals surface area contributed by atoms with Crippen molar-refractivity contribution >= 4 is 12.1 Å². The first kappa shape index (κ1) is 19.2. The molecule has 0 saturated heterocycles. The van der Waals surface area contributed by atoms with Gasteiger partial charge in [-0.2, -0.15) is 5.10 Å². The van der Waals surface area contributed by atoms with Crippen LogP contribution < -0.4 is 14.9 Å². The molecule has 1 amide bonds. The number of hydrogen-bond acceptors (Lipinski definition) is 4. The Kier molecular flexibility index (Phi) is 6.41. The van der Waals surface area contributed by atoms with E-state index >= 15 is 0 Å². The summed E-state index contributed by atoms with van der Waals surface area (Å²) in [5.41, 5.74) is 5.54. The third-order valence-electron chi connectivity index (χ3n) is 4.13. The molecule has 0 saturated carbocycles. The summed E-state index contributed by atoms with van der Waals surface area (Å²) in [5.74, 6) is 1.02. The second kappa shape index (κ2) is 9.37. The van der Waals surface area contributed by atoms with Crippen LogP contribution >= 0.6 is 0 Å². The van der Waals surface area contributed by atoms with Crippen LogP contribution in [0.3, 0.4) is 0 Å². The lowest BCUT2D eigenvalue weighted by molar-refractivity contribution is -0.127. The van der Waals surface area contributed by atoms with Crippen LogP contribution in [0.4, 0.5) is 0 Å². The van der Waals surface area contributed by atoms with Crippen LogP contribution in [0.25, 0.3) is 11.1 Å². The average Bonchev–Trinajstić information content (AvgIpc) is 2.75. The maximum absolute atomic E-state index is 12.2. The number of hydrazone groups is 1. The molecular formula is C23H22N2O3. The van der Waals surface area contributed by atoms with Gasteiger partial charge in [0.15, 0.2) is 6.10 Å². The molecule has 0 aliphatic carbocycles. The van der Waals surface area contributed by atoms with Gasteiger partial charge in [0.1, 0.15) is 11.5 Å². The van der Waals surface area contributed by atoms with Crippen LogP contribution in [0.15, 0.2) is 84.0 Å². The molecule has 3 aromatic rings. The summed E-state index contributed by atoms with van der Waals surface area (Å²) in [4.78, 5) is 12.2. The van der Waals surface area contributed by atoms with Crippen molar-refractivity contribution < 1.29 is 14.3 Å². The smallest absolute Gasteiger partial charge is 0.280 e. The highest BCUT2D eigenvalue weighted by molar-refractivity contribution is 5.84. The molecule has 0 aromatic heterocycles. The van der Waals surface area contributed by atoms with Crippen molar-refractivity contribution in [1.82, 2.24) is 5.43 Å². The van der Waals surface area contributed by atoms with E-state index in [4.69, 9.17) is 9.47 Å². The Labute approximate surface area is 164 Å². The molecule has 5 nitrogen and oxygen atoms in total. The Morgan fingerprint density at radius 2 is 1.64 bits per heavy atom. The number of ether oxygens (including phenoxy) is 2. The lowest BCUT2D eigenvalue weighted by Crippen LogP contribution is -2.33. The molecule has 0 radical (unpaired) electrons. The topological polar surface area (TPSA) is 59.9 Å². The number of benzene rings is 3. The fourth-order valence-electron chi connectivity index (χ4n) is 2.60. The van der Waals surface area contributed by atoms with Gasteiger partial charge in [-0.25, -0.2) is 5.43 Å². The zero-order valence-corrected chi connectivity index (χ0v) is 15.8. The fraction of sp³-hybridized carbons (Fsp3) is 0.130. The third-order valence-corrected chi connectivity index (χ3v) is 4.13. The molecule has 0 bridgehead atoms. The summed E-state index contributed by atoms with van der Waals surface area (Å²) in [6, 6.07) is 25.1. The summed E-state index contributed by atoms with van der Waals surface area (Å²) in [6.45, 7) is 1.68. The molecule has 0 aliphatic heterocycles. The van der Waals surface area contributed by atoms with Crippen LogP contribution in [0.1, 0.15) is 12.5 Å². The molecule has 0 unspecified atom stereocenters. The zero-order valence-electron chi connectivity index (χ0n) is 15.8. The normalized spacial score (nSPS) is 11.8. The number of carbonyl (C=O) groups is 1.